The molecule has 0 atom stereocenters. The topological polar surface area (TPSA) is 77.2 Å². The number of nitrogens with two attached hydrogens (primary N) is 1. The molecule has 0 unspecified atom stereocenters. The number of hydrogen-bond acceptors (Lipinski definition) is 4. The van der Waals surface area contributed by atoms with E-state index in [1.807, 2.05) is 0 Å². The first kappa shape index (κ1) is 14.1. The van der Waals surface area contributed by atoms with Gasteiger partial charge in [-0.3, -0.25) is 9.78 Å². The average Bonchev–Trinajstić information content (AvgIpc) is 2.41. The van der Waals surface area contributed by atoms with Crippen molar-refractivity contribution < 1.29 is 9.53 Å². The van der Waals surface area contributed by atoms with Crippen molar-refractivity contribution in [1.29, 1.82) is 0 Å². The molecule has 0 aliphatic heterocycles. The summed E-state index contributed by atoms with van der Waals surface area (Å²) in [5.41, 5.74) is 7.68. The third-order valence-electron chi connectivity index (χ3n) is 2.74. The molecule has 0 saturated carbocycles. The van der Waals surface area contributed by atoms with Gasteiger partial charge in [-0.15, -0.1) is 0 Å². The summed E-state index contributed by atoms with van der Waals surface area (Å²) in [4.78, 5) is 16.2. The van der Waals surface area contributed by atoms with Crippen LogP contribution in [-0.2, 0) is 0 Å². The third-order valence-corrected chi connectivity index (χ3v) is 3.07. The van der Waals surface area contributed by atoms with Crippen molar-refractivity contribution in [2.24, 2.45) is 0 Å². The quantitative estimate of drug-likeness (QED) is 0.911. The molecule has 1 aromatic heterocycles. The van der Waals surface area contributed by atoms with Crippen molar-refractivity contribution in [2.45, 2.75) is 6.92 Å². The Morgan fingerprint density at radius 2 is 2.15 bits per heavy atom. The van der Waals surface area contributed by atoms with Crippen LogP contribution in [0.2, 0.25) is 5.02 Å². The Morgan fingerprint density at radius 3 is 2.80 bits per heavy atom. The van der Waals surface area contributed by atoms with Crippen LogP contribution in [0.25, 0.3) is 0 Å². The van der Waals surface area contributed by atoms with Crippen LogP contribution in [0.3, 0.4) is 0 Å². The van der Waals surface area contributed by atoms with Gasteiger partial charge in [-0.25, -0.2) is 0 Å². The molecular weight excluding hydrogens is 278 g/mol. The number of carbonyl (C=O) groups is 1. The Labute approximate surface area is 121 Å². The van der Waals surface area contributed by atoms with Gasteiger partial charge in [0.2, 0.25) is 0 Å². The van der Waals surface area contributed by atoms with E-state index in [4.69, 9.17) is 22.1 Å². The van der Waals surface area contributed by atoms with E-state index < -0.39 is 0 Å². The summed E-state index contributed by atoms with van der Waals surface area (Å²) >= 11 is 6.03. The van der Waals surface area contributed by atoms with Crippen LogP contribution >= 0.6 is 11.6 Å². The van der Waals surface area contributed by atoms with E-state index in [-0.39, 0.29) is 5.91 Å². The molecule has 0 spiro atoms. The molecule has 2 rings (SSSR count). The highest BCUT2D eigenvalue weighted by molar-refractivity contribution is 6.34. The van der Waals surface area contributed by atoms with E-state index >= 15 is 0 Å². The van der Waals surface area contributed by atoms with Gasteiger partial charge >= 0.3 is 0 Å². The molecule has 0 aliphatic carbocycles. The number of rotatable bonds is 3. The maximum absolute atomic E-state index is 12.2. The summed E-state index contributed by atoms with van der Waals surface area (Å²) in [5.74, 6) is 0.227. The molecule has 0 saturated heterocycles. The number of nitrogens with zero attached hydrogens (tertiary/aromatic N) is 1. The normalized spacial score (nSPS) is 10.2. The molecule has 1 aromatic carbocycles. The Hall–Kier alpha value is -2.27. The molecular formula is C14H14ClN3O2. The Bertz CT molecular complexity index is 659. The number of ether oxygens (including phenoxy) is 1. The van der Waals surface area contributed by atoms with Crippen LogP contribution in [0.1, 0.15) is 16.1 Å². The number of pyridine rings is 1. The van der Waals surface area contributed by atoms with Crippen molar-refractivity contribution in [3.8, 4) is 5.75 Å². The SMILES string of the molecule is COc1ccc(Cl)c(NC(=O)c2cnc(C)cc2N)c1. The summed E-state index contributed by atoms with van der Waals surface area (Å²) < 4.78 is 5.09. The molecule has 3 N–H and O–H groups in total. The van der Waals surface area contributed by atoms with Gasteiger partial charge in [-0.05, 0) is 25.1 Å². The highest BCUT2D eigenvalue weighted by Crippen LogP contribution is 2.27. The number of methoxy groups -OCH3 is 1. The minimum Gasteiger partial charge on any atom is -0.497 e. The lowest BCUT2D eigenvalue weighted by Gasteiger charge is -2.10. The number of anilines is 2. The smallest absolute Gasteiger partial charge is 0.259 e. The number of aromatic nitrogens is 1. The first-order valence-corrected chi connectivity index (χ1v) is 6.26. The highest BCUT2D eigenvalue weighted by Gasteiger charge is 2.13. The summed E-state index contributed by atoms with van der Waals surface area (Å²) in [5, 5.41) is 3.11. The van der Waals surface area contributed by atoms with E-state index in [1.165, 1.54) is 13.3 Å². The molecule has 5 nitrogen and oxygen atoms in total. The predicted molar refractivity (Wildman–Crippen MR) is 79.3 cm³/mol. The number of benzene rings is 1. The minimum absolute atomic E-state index is 0.300. The molecule has 20 heavy (non-hydrogen) atoms. The van der Waals surface area contributed by atoms with Crippen LogP contribution in [0.5, 0.6) is 5.75 Å². The third kappa shape index (κ3) is 3.00. The van der Waals surface area contributed by atoms with Gasteiger partial charge in [0.1, 0.15) is 5.75 Å². The standard InChI is InChI=1S/C14H14ClN3O2/c1-8-5-12(16)10(7-17-8)14(19)18-13-6-9(20-2)3-4-11(13)15/h3-7H,1-2H3,(H2,16,17)(H,18,19). The van der Waals surface area contributed by atoms with Crippen LogP contribution in [0.4, 0.5) is 11.4 Å². The monoisotopic (exact) mass is 291 g/mol. The number of nitrogen functional groups attached to an aromatic ring is 1. The first-order valence-electron chi connectivity index (χ1n) is 5.88. The molecule has 0 radical (unpaired) electrons. The van der Waals surface area contributed by atoms with Gasteiger partial charge < -0.3 is 15.8 Å². The van der Waals surface area contributed by atoms with Gasteiger partial charge in [0.25, 0.3) is 5.91 Å². The number of halogens is 1. The van der Waals surface area contributed by atoms with E-state index in [0.29, 0.717) is 27.7 Å². The fourth-order valence-electron chi connectivity index (χ4n) is 1.69. The Kier molecular flexibility index (Phi) is 4.10. The molecule has 0 fully saturated rings. The number of hydrogen-bond donors (Lipinski definition) is 2. The van der Waals surface area contributed by atoms with E-state index in [9.17, 15) is 4.79 Å². The zero-order chi connectivity index (χ0) is 14.7. The van der Waals surface area contributed by atoms with Crippen molar-refractivity contribution in [3.05, 3.63) is 46.7 Å². The molecule has 2 aromatic rings. The molecule has 0 aliphatic rings. The highest BCUT2D eigenvalue weighted by atomic mass is 35.5. The first-order chi connectivity index (χ1) is 9.51. The van der Waals surface area contributed by atoms with Gasteiger partial charge in [0.15, 0.2) is 0 Å². The van der Waals surface area contributed by atoms with Crippen LogP contribution < -0.4 is 15.8 Å². The van der Waals surface area contributed by atoms with Gasteiger partial charge in [0.05, 0.1) is 23.4 Å². The summed E-state index contributed by atoms with van der Waals surface area (Å²) in [7, 11) is 1.54. The largest absolute Gasteiger partial charge is 0.497 e. The van der Waals surface area contributed by atoms with Gasteiger partial charge in [0, 0.05) is 23.6 Å². The Balaban J connectivity index is 2.27. The van der Waals surface area contributed by atoms with Crippen molar-refractivity contribution >= 4 is 28.9 Å². The van der Waals surface area contributed by atoms with Crippen molar-refractivity contribution in [3.63, 3.8) is 0 Å². The van der Waals surface area contributed by atoms with Crippen molar-refractivity contribution in [1.82, 2.24) is 4.98 Å². The van der Waals surface area contributed by atoms with E-state index in [1.54, 1.807) is 31.2 Å². The fraction of sp³-hybridized carbons (Fsp3) is 0.143. The van der Waals surface area contributed by atoms with E-state index in [2.05, 4.69) is 10.3 Å². The van der Waals surface area contributed by atoms with Gasteiger partial charge in [-0.1, -0.05) is 11.6 Å². The lowest BCUT2D eigenvalue weighted by atomic mass is 10.2. The van der Waals surface area contributed by atoms with Crippen molar-refractivity contribution in [2.75, 3.05) is 18.2 Å². The van der Waals surface area contributed by atoms with Gasteiger partial charge in [-0.2, -0.15) is 0 Å². The predicted octanol–water partition coefficient (Wildman–Crippen LogP) is 2.89. The second kappa shape index (κ2) is 5.79. The van der Waals surface area contributed by atoms with Crippen LogP contribution in [0.15, 0.2) is 30.5 Å². The molecule has 1 heterocycles. The number of amides is 1. The zero-order valence-electron chi connectivity index (χ0n) is 11.1. The summed E-state index contributed by atoms with van der Waals surface area (Å²) in [6, 6.07) is 6.63. The fourth-order valence-corrected chi connectivity index (χ4v) is 1.85. The lowest BCUT2D eigenvalue weighted by molar-refractivity contribution is 0.102. The second-order valence-electron chi connectivity index (χ2n) is 4.21. The lowest BCUT2D eigenvalue weighted by Crippen LogP contribution is -2.15. The number of aryl methyl sites for hydroxylation is 1. The molecule has 0 bridgehead atoms. The second-order valence-corrected chi connectivity index (χ2v) is 4.62. The summed E-state index contributed by atoms with van der Waals surface area (Å²) in [6.07, 6.45) is 1.44. The number of carbonyl (C=O) groups excluding carboxylic acids is 1. The average molecular weight is 292 g/mol. The zero-order valence-corrected chi connectivity index (χ0v) is 11.9. The Morgan fingerprint density at radius 1 is 1.40 bits per heavy atom. The maximum atomic E-state index is 12.2. The number of nitrogens with one attached hydrogen (secondary N) is 1. The molecule has 104 valence electrons. The maximum Gasteiger partial charge on any atom is 0.259 e. The van der Waals surface area contributed by atoms with E-state index in [0.717, 1.165) is 5.69 Å². The van der Waals surface area contributed by atoms with Crippen LogP contribution in [-0.4, -0.2) is 18.0 Å². The molecule has 1 amide bonds. The summed E-state index contributed by atoms with van der Waals surface area (Å²) in [6.45, 7) is 1.80. The molecule has 6 heteroatoms. The van der Waals surface area contributed by atoms with Crippen LogP contribution in [0, 0.1) is 6.92 Å². The minimum atomic E-state index is -0.370.